The molecule has 0 atom stereocenters. The second-order valence-corrected chi connectivity index (χ2v) is 4.86. The summed E-state index contributed by atoms with van der Waals surface area (Å²) in [6.45, 7) is 7.13. The number of hydrogen-bond donors (Lipinski definition) is 0. The van der Waals surface area contributed by atoms with E-state index in [-0.39, 0.29) is 5.41 Å². The van der Waals surface area contributed by atoms with Gasteiger partial charge in [-0.05, 0) is 45.7 Å². The van der Waals surface area contributed by atoms with Crippen molar-refractivity contribution in [1.29, 1.82) is 5.26 Å². The highest BCUT2D eigenvalue weighted by atomic mass is 16.5. The van der Waals surface area contributed by atoms with Crippen molar-refractivity contribution in [3.63, 3.8) is 0 Å². The molecule has 1 rings (SSSR count). The number of benzene rings is 1. The fraction of sp³-hybridized carbons (Fsp3) is 0.533. The highest BCUT2D eigenvalue weighted by Crippen LogP contribution is 2.22. The van der Waals surface area contributed by atoms with E-state index in [1.54, 1.807) is 0 Å². The van der Waals surface area contributed by atoms with Crippen molar-refractivity contribution >= 4 is 0 Å². The molecule has 18 heavy (non-hydrogen) atoms. The molecule has 3 nitrogen and oxygen atoms in total. The summed E-state index contributed by atoms with van der Waals surface area (Å²) in [5.74, 6) is 1.64. The molecule has 0 unspecified atom stereocenters. The van der Waals surface area contributed by atoms with Gasteiger partial charge in [-0.25, -0.2) is 0 Å². The molecule has 0 N–H and O–H groups in total. The summed E-state index contributed by atoms with van der Waals surface area (Å²) < 4.78 is 11.0. The van der Waals surface area contributed by atoms with Crippen LogP contribution in [0.5, 0.6) is 11.5 Å². The standard InChI is InChI=1S/C15H21NO2/c1-4-17-13-7-5-8-14(11-13)18-10-6-9-15(2,3)12-16/h5,7-8,11H,4,6,9-10H2,1-3H3. The van der Waals surface area contributed by atoms with Crippen LogP contribution in [0.1, 0.15) is 33.6 Å². The van der Waals surface area contributed by atoms with E-state index in [9.17, 15) is 0 Å². The van der Waals surface area contributed by atoms with Gasteiger partial charge in [0, 0.05) is 6.07 Å². The van der Waals surface area contributed by atoms with E-state index < -0.39 is 0 Å². The zero-order chi connectivity index (χ0) is 13.4. The first-order valence-electron chi connectivity index (χ1n) is 6.34. The zero-order valence-corrected chi connectivity index (χ0v) is 11.4. The number of hydrogen-bond acceptors (Lipinski definition) is 3. The van der Waals surface area contributed by atoms with E-state index in [0.717, 1.165) is 24.3 Å². The average molecular weight is 247 g/mol. The molecule has 0 aliphatic rings. The lowest BCUT2D eigenvalue weighted by Gasteiger charge is -2.15. The van der Waals surface area contributed by atoms with Crippen molar-refractivity contribution in [1.82, 2.24) is 0 Å². The Morgan fingerprint density at radius 1 is 1.22 bits per heavy atom. The predicted octanol–water partition coefficient (Wildman–Crippen LogP) is 3.79. The number of rotatable bonds is 7. The number of ether oxygens (including phenoxy) is 2. The Labute approximate surface area is 109 Å². The maximum atomic E-state index is 8.90. The third kappa shape index (κ3) is 5.09. The first kappa shape index (κ1) is 14.4. The molecular formula is C15H21NO2. The minimum Gasteiger partial charge on any atom is -0.494 e. The van der Waals surface area contributed by atoms with Crippen LogP contribution in [0.4, 0.5) is 0 Å². The van der Waals surface area contributed by atoms with Crippen molar-refractivity contribution in [2.45, 2.75) is 33.6 Å². The molecule has 0 amide bonds. The molecule has 0 heterocycles. The molecule has 98 valence electrons. The molecule has 0 aromatic heterocycles. The molecule has 0 bridgehead atoms. The van der Waals surface area contributed by atoms with Crippen LogP contribution in [0.2, 0.25) is 0 Å². The van der Waals surface area contributed by atoms with Gasteiger partial charge in [-0.2, -0.15) is 5.26 Å². The molecule has 1 aromatic rings. The molecule has 0 spiro atoms. The Balaban J connectivity index is 2.36. The third-order valence-corrected chi connectivity index (χ3v) is 2.63. The molecule has 0 fully saturated rings. The third-order valence-electron chi connectivity index (χ3n) is 2.63. The molecule has 0 radical (unpaired) electrons. The van der Waals surface area contributed by atoms with Crippen molar-refractivity contribution in [3.8, 4) is 17.6 Å². The summed E-state index contributed by atoms with van der Waals surface area (Å²) in [5.41, 5.74) is -0.267. The zero-order valence-electron chi connectivity index (χ0n) is 11.4. The van der Waals surface area contributed by atoms with Crippen molar-refractivity contribution in [2.24, 2.45) is 5.41 Å². The fourth-order valence-corrected chi connectivity index (χ4v) is 1.58. The van der Waals surface area contributed by atoms with Gasteiger partial charge in [-0.15, -0.1) is 0 Å². The lowest BCUT2D eigenvalue weighted by Crippen LogP contribution is -2.10. The number of nitriles is 1. The van der Waals surface area contributed by atoms with Crippen LogP contribution in [0.25, 0.3) is 0 Å². The summed E-state index contributed by atoms with van der Waals surface area (Å²) >= 11 is 0. The molecule has 3 heteroatoms. The normalized spacial score (nSPS) is 10.8. The van der Waals surface area contributed by atoms with Gasteiger partial charge < -0.3 is 9.47 Å². The maximum Gasteiger partial charge on any atom is 0.122 e. The first-order chi connectivity index (χ1) is 8.57. The fourth-order valence-electron chi connectivity index (χ4n) is 1.58. The second-order valence-electron chi connectivity index (χ2n) is 4.86. The van der Waals surface area contributed by atoms with Crippen LogP contribution in [0, 0.1) is 16.7 Å². The maximum absolute atomic E-state index is 8.90. The summed E-state index contributed by atoms with van der Waals surface area (Å²) in [6, 6.07) is 9.92. The van der Waals surface area contributed by atoms with E-state index >= 15 is 0 Å². The monoisotopic (exact) mass is 247 g/mol. The molecule has 0 saturated carbocycles. The Kier molecular flexibility index (Phi) is 5.51. The lowest BCUT2D eigenvalue weighted by molar-refractivity contribution is 0.281. The summed E-state index contributed by atoms with van der Waals surface area (Å²) in [7, 11) is 0. The summed E-state index contributed by atoms with van der Waals surface area (Å²) in [6.07, 6.45) is 1.72. The number of nitrogens with zero attached hydrogens (tertiary/aromatic N) is 1. The average Bonchev–Trinajstić information content (AvgIpc) is 2.36. The van der Waals surface area contributed by atoms with Gasteiger partial charge in [0.05, 0.1) is 24.7 Å². The van der Waals surface area contributed by atoms with Crippen LogP contribution >= 0.6 is 0 Å². The smallest absolute Gasteiger partial charge is 0.122 e. The van der Waals surface area contributed by atoms with Crippen molar-refractivity contribution in [3.05, 3.63) is 24.3 Å². The van der Waals surface area contributed by atoms with Gasteiger partial charge in [0.2, 0.25) is 0 Å². The Morgan fingerprint density at radius 3 is 2.50 bits per heavy atom. The van der Waals surface area contributed by atoms with E-state index in [0.29, 0.717) is 13.2 Å². The van der Waals surface area contributed by atoms with Gasteiger partial charge in [-0.3, -0.25) is 0 Å². The minimum absolute atomic E-state index is 0.267. The highest BCUT2D eigenvalue weighted by Gasteiger charge is 2.15. The molecular weight excluding hydrogens is 226 g/mol. The van der Waals surface area contributed by atoms with Crippen molar-refractivity contribution < 1.29 is 9.47 Å². The largest absolute Gasteiger partial charge is 0.494 e. The quantitative estimate of drug-likeness (QED) is 0.688. The Morgan fingerprint density at radius 2 is 1.89 bits per heavy atom. The van der Waals surface area contributed by atoms with Crippen LogP contribution in [0.15, 0.2) is 24.3 Å². The van der Waals surface area contributed by atoms with E-state index in [1.807, 2.05) is 45.0 Å². The SMILES string of the molecule is CCOc1cccc(OCCCC(C)(C)C#N)c1. The molecule has 0 aliphatic heterocycles. The first-order valence-corrected chi connectivity index (χ1v) is 6.34. The highest BCUT2D eigenvalue weighted by molar-refractivity contribution is 5.32. The van der Waals surface area contributed by atoms with Gasteiger partial charge in [-0.1, -0.05) is 6.07 Å². The van der Waals surface area contributed by atoms with Crippen LogP contribution in [0.3, 0.4) is 0 Å². The molecule has 0 aliphatic carbocycles. The van der Waals surface area contributed by atoms with Crippen molar-refractivity contribution in [2.75, 3.05) is 13.2 Å². The van der Waals surface area contributed by atoms with E-state index in [2.05, 4.69) is 6.07 Å². The second kappa shape index (κ2) is 6.90. The van der Waals surface area contributed by atoms with Gasteiger partial charge >= 0.3 is 0 Å². The summed E-state index contributed by atoms with van der Waals surface area (Å²) in [4.78, 5) is 0. The van der Waals surface area contributed by atoms with Crippen LogP contribution in [-0.4, -0.2) is 13.2 Å². The lowest BCUT2D eigenvalue weighted by atomic mass is 9.90. The van der Waals surface area contributed by atoms with Gasteiger partial charge in [0.1, 0.15) is 11.5 Å². The Bertz CT molecular complexity index is 407. The van der Waals surface area contributed by atoms with Gasteiger partial charge in [0.25, 0.3) is 0 Å². The topological polar surface area (TPSA) is 42.2 Å². The van der Waals surface area contributed by atoms with Crippen LogP contribution in [-0.2, 0) is 0 Å². The summed E-state index contributed by atoms with van der Waals surface area (Å²) in [5, 5.41) is 8.90. The Hall–Kier alpha value is -1.69. The van der Waals surface area contributed by atoms with E-state index in [4.69, 9.17) is 14.7 Å². The van der Waals surface area contributed by atoms with E-state index in [1.165, 1.54) is 0 Å². The van der Waals surface area contributed by atoms with Gasteiger partial charge in [0.15, 0.2) is 0 Å². The van der Waals surface area contributed by atoms with Crippen LogP contribution < -0.4 is 9.47 Å². The molecule has 0 saturated heterocycles. The predicted molar refractivity (Wildman–Crippen MR) is 71.7 cm³/mol. The minimum atomic E-state index is -0.267. The molecule has 1 aromatic carbocycles.